The van der Waals surface area contributed by atoms with Crippen LogP contribution in [-0.4, -0.2) is 12.0 Å². The van der Waals surface area contributed by atoms with Gasteiger partial charge in [0, 0.05) is 7.11 Å². The summed E-state index contributed by atoms with van der Waals surface area (Å²) in [6, 6.07) is 0. The van der Waals surface area contributed by atoms with Gasteiger partial charge in [-0.15, -0.1) is 0 Å². The second-order valence-electron chi connectivity index (χ2n) is 0.626. The third kappa shape index (κ3) is 3.36. The molecule has 0 fully saturated rings. The van der Waals surface area contributed by atoms with E-state index < -0.39 is 4.92 Å². The quantitative estimate of drug-likeness (QED) is 0.355. The number of nitro groups is 1. The fraction of sp³-hybridized carbons (Fsp3) is 0.500. The highest BCUT2D eigenvalue weighted by Gasteiger charge is 1.89. The highest BCUT2D eigenvalue weighted by atomic mass is 16.7. The first-order chi connectivity index (χ1) is 2.77. The zero-order valence-corrected chi connectivity index (χ0v) is 3.25. The average molecular weight is 90.1 g/mol. The van der Waals surface area contributed by atoms with Gasteiger partial charge in [-0.25, -0.2) is 0 Å². The molecular formula is C2H4NO3. The lowest BCUT2D eigenvalue weighted by Gasteiger charge is -1.79. The zero-order chi connectivity index (χ0) is 4.99. The highest BCUT2D eigenvalue weighted by molar-refractivity contribution is 4.16. The van der Waals surface area contributed by atoms with E-state index in [1.807, 2.05) is 0 Å². The molecule has 1 radical (unpaired) electrons. The SMILES string of the molecule is CO[CH][N+](=O)[O-]. The molecule has 0 aromatic heterocycles. The zero-order valence-electron chi connectivity index (χ0n) is 3.25. The van der Waals surface area contributed by atoms with Crippen molar-refractivity contribution in [2.24, 2.45) is 0 Å². The molecule has 0 unspecified atom stereocenters. The van der Waals surface area contributed by atoms with Gasteiger partial charge in [-0.3, -0.25) is 10.1 Å². The molecule has 35 valence electrons. The monoisotopic (exact) mass is 90.0 g/mol. The Bertz CT molecular complexity index is 52.8. The van der Waals surface area contributed by atoms with E-state index in [2.05, 4.69) is 4.74 Å². The summed E-state index contributed by atoms with van der Waals surface area (Å²) < 4.78 is 3.98. The van der Waals surface area contributed by atoms with Crippen molar-refractivity contribution < 1.29 is 9.66 Å². The molecule has 0 aliphatic heterocycles. The Morgan fingerprint density at radius 1 is 2.00 bits per heavy atom. The van der Waals surface area contributed by atoms with Crippen molar-refractivity contribution in [1.82, 2.24) is 0 Å². The van der Waals surface area contributed by atoms with Gasteiger partial charge in [0.25, 0.3) is 0 Å². The second kappa shape index (κ2) is 2.59. The summed E-state index contributed by atoms with van der Waals surface area (Å²) in [5.41, 5.74) is 0. The summed E-state index contributed by atoms with van der Waals surface area (Å²) in [5.74, 6) is 0. The van der Waals surface area contributed by atoms with E-state index >= 15 is 0 Å². The maximum Gasteiger partial charge on any atom is 0.409 e. The molecule has 0 amide bonds. The molecule has 6 heavy (non-hydrogen) atoms. The third-order valence-corrected chi connectivity index (χ3v) is 0.191. The molecule has 0 N–H and O–H groups in total. The van der Waals surface area contributed by atoms with Crippen molar-refractivity contribution in [3.63, 3.8) is 0 Å². The first kappa shape index (κ1) is 5.36. The van der Waals surface area contributed by atoms with Gasteiger partial charge in [0.15, 0.2) is 0 Å². The van der Waals surface area contributed by atoms with E-state index in [-0.39, 0.29) is 0 Å². The smallest absolute Gasteiger partial charge is 0.313 e. The number of nitrogens with zero attached hydrogens (tertiary/aromatic N) is 1. The number of methoxy groups -OCH3 is 1. The van der Waals surface area contributed by atoms with Crippen LogP contribution in [0.15, 0.2) is 0 Å². The Balaban J connectivity index is 2.83. The van der Waals surface area contributed by atoms with Gasteiger partial charge >= 0.3 is 6.73 Å². The summed E-state index contributed by atoms with van der Waals surface area (Å²) in [6.45, 7) is 0.514. The minimum absolute atomic E-state index is 0.514. The lowest BCUT2D eigenvalue weighted by Crippen LogP contribution is -1.92. The van der Waals surface area contributed by atoms with E-state index in [0.29, 0.717) is 6.73 Å². The molecule has 0 spiro atoms. The topological polar surface area (TPSA) is 52.4 Å². The number of hydrogen-bond acceptors (Lipinski definition) is 3. The highest BCUT2D eigenvalue weighted by Crippen LogP contribution is 1.72. The third-order valence-electron chi connectivity index (χ3n) is 0.191. The lowest BCUT2D eigenvalue weighted by atomic mass is 11.3. The molecule has 0 atom stereocenters. The van der Waals surface area contributed by atoms with Crippen LogP contribution < -0.4 is 0 Å². The van der Waals surface area contributed by atoms with Crippen molar-refractivity contribution in [2.45, 2.75) is 0 Å². The Kier molecular flexibility index (Phi) is 2.31. The molecule has 4 nitrogen and oxygen atoms in total. The van der Waals surface area contributed by atoms with E-state index in [1.165, 1.54) is 7.11 Å². The number of rotatable bonds is 2. The predicted molar refractivity (Wildman–Crippen MR) is 18.3 cm³/mol. The molecule has 4 heteroatoms. The summed E-state index contributed by atoms with van der Waals surface area (Å²) in [5, 5.41) is 9.22. The minimum Gasteiger partial charge on any atom is -0.313 e. The number of ether oxygens (including phenoxy) is 1. The number of hydrogen-bond donors (Lipinski definition) is 0. The molecular weight excluding hydrogens is 86.0 g/mol. The molecule has 0 bridgehead atoms. The van der Waals surface area contributed by atoms with Crippen LogP contribution in [0.5, 0.6) is 0 Å². The fourth-order valence-corrected chi connectivity index (χ4v) is 0.0861. The van der Waals surface area contributed by atoms with Crippen LogP contribution in [0.1, 0.15) is 0 Å². The van der Waals surface area contributed by atoms with Crippen molar-refractivity contribution in [1.29, 1.82) is 0 Å². The maximum atomic E-state index is 9.22. The van der Waals surface area contributed by atoms with Crippen molar-refractivity contribution >= 4 is 0 Å². The Morgan fingerprint density at radius 3 is 2.50 bits per heavy atom. The molecule has 0 aromatic rings. The Morgan fingerprint density at radius 2 is 2.50 bits per heavy atom. The average Bonchev–Trinajstić information content (AvgIpc) is 1.35. The van der Waals surface area contributed by atoms with Gasteiger partial charge in [0.1, 0.15) is 0 Å². The molecule has 0 aromatic carbocycles. The lowest BCUT2D eigenvalue weighted by molar-refractivity contribution is -0.473. The van der Waals surface area contributed by atoms with E-state index in [0.717, 1.165) is 0 Å². The maximum absolute atomic E-state index is 9.22. The standard InChI is InChI=1S/C2H4NO3/c1-6-2-3(4)5/h2H,1H3. The Labute approximate surface area is 34.9 Å². The summed E-state index contributed by atoms with van der Waals surface area (Å²) >= 11 is 0. The fourth-order valence-electron chi connectivity index (χ4n) is 0.0861. The summed E-state index contributed by atoms with van der Waals surface area (Å²) in [4.78, 5) is 8.56. The second-order valence-corrected chi connectivity index (χ2v) is 0.626. The van der Waals surface area contributed by atoms with Crippen molar-refractivity contribution in [3.8, 4) is 0 Å². The van der Waals surface area contributed by atoms with Gasteiger partial charge in [-0.2, -0.15) is 0 Å². The van der Waals surface area contributed by atoms with E-state index in [1.54, 1.807) is 0 Å². The Hall–Kier alpha value is -0.640. The molecule has 0 saturated heterocycles. The summed E-state index contributed by atoms with van der Waals surface area (Å²) in [7, 11) is 1.23. The van der Waals surface area contributed by atoms with Crippen molar-refractivity contribution in [3.05, 3.63) is 16.8 Å². The van der Waals surface area contributed by atoms with Gasteiger partial charge in [-0.1, -0.05) is 0 Å². The predicted octanol–water partition coefficient (Wildman–Crippen LogP) is 0.0288. The van der Waals surface area contributed by atoms with E-state index in [9.17, 15) is 10.1 Å². The van der Waals surface area contributed by atoms with Crippen LogP contribution in [0.3, 0.4) is 0 Å². The minimum atomic E-state index is -0.667. The molecule has 0 aliphatic rings. The molecule has 0 saturated carbocycles. The van der Waals surface area contributed by atoms with Gasteiger partial charge in [0.05, 0.1) is 4.92 Å². The van der Waals surface area contributed by atoms with Crippen LogP contribution >= 0.6 is 0 Å². The van der Waals surface area contributed by atoms with Gasteiger partial charge in [-0.05, 0) is 0 Å². The van der Waals surface area contributed by atoms with E-state index in [4.69, 9.17) is 0 Å². The van der Waals surface area contributed by atoms with Crippen LogP contribution in [0, 0.1) is 16.8 Å². The van der Waals surface area contributed by atoms with Crippen LogP contribution in [-0.2, 0) is 4.74 Å². The van der Waals surface area contributed by atoms with Crippen molar-refractivity contribution in [2.75, 3.05) is 7.11 Å². The summed E-state index contributed by atoms with van der Waals surface area (Å²) in [6.07, 6.45) is 0. The van der Waals surface area contributed by atoms with Gasteiger partial charge < -0.3 is 4.74 Å². The largest absolute Gasteiger partial charge is 0.409 e. The molecule has 0 aliphatic carbocycles. The normalized spacial score (nSPS) is 8.17. The van der Waals surface area contributed by atoms with Crippen LogP contribution in [0.2, 0.25) is 0 Å². The van der Waals surface area contributed by atoms with Crippen LogP contribution in [0.4, 0.5) is 0 Å². The molecule has 0 heterocycles. The van der Waals surface area contributed by atoms with Gasteiger partial charge in [0.2, 0.25) is 0 Å². The first-order valence-corrected chi connectivity index (χ1v) is 1.27. The molecule has 0 rings (SSSR count). The first-order valence-electron chi connectivity index (χ1n) is 1.27. The van der Waals surface area contributed by atoms with Crippen LogP contribution in [0.25, 0.3) is 0 Å².